The van der Waals surface area contributed by atoms with Gasteiger partial charge in [-0.1, -0.05) is 19.4 Å². The Labute approximate surface area is 109 Å². The molecule has 0 spiro atoms. The summed E-state index contributed by atoms with van der Waals surface area (Å²) in [5, 5.41) is 0. The number of halogens is 1. The highest BCUT2D eigenvalue weighted by Crippen LogP contribution is 2.18. The highest BCUT2D eigenvalue weighted by Gasteiger charge is 2.08. The predicted molar refractivity (Wildman–Crippen MR) is 72.2 cm³/mol. The lowest BCUT2D eigenvalue weighted by molar-refractivity contribution is 0.268. The molecule has 1 rings (SSSR count). The largest absolute Gasteiger partial charge is 0.494 e. The lowest BCUT2D eigenvalue weighted by Gasteiger charge is -2.21. The van der Waals surface area contributed by atoms with Crippen LogP contribution in [0.25, 0.3) is 0 Å². The van der Waals surface area contributed by atoms with Gasteiger partial charge in [-0.15, -0.1) is 0 Å². The first-order valence-corrected chi connectivity index (χ1v) is 6.46. The number of hydrogen-bond acceptors (Lipinski definition) is 3. The molecule has 0 amide bonds. The van der Waals surface area contributed by atoms with Crippen LogP contribution in [0.15, 0.2) is 18.2 Å². The zero-order valence-corrected chi connectivity index (χ0v) is 11.3. The Morgan fingerprint density at radius 1 is 1.33 bits per heavy atom. The van der Waals surface area contributed by atoms with Gasteiger partial charge in [-0.2, -0.15) is 0 Å². The van der Waals surface area contributed by atoms with Crippen molar-refractivity contribution in [2.24, 2.45) is 5.73 Å². The molecular formula is C14H23FN2O. The fourth-order valence-electron chi connectivity index (χ4n) is 1.90. The monoisotopic (exact) mass is 254 g/mol. The maximum Gasteiger partial charge on any atom is 0.165 e. The average molecular weight is 254 g/mol. The summed E-state index contributed by atoms with van der Waals surface area (Å²) < 4.78 is 18.5. The second-order valence-corrected chi connectivity index (χ2v) is 4.39. The van der Waals surface area contributed by atoms with Gasteiger partial charge in [0.05, 0.1) is 7.11 Å². The van der Waals surface area contributed by atoms with Crippen LogP contribution in [0, 0.1) is 5.82 Å². The number of ether oxygens (including phenoxy) is 1. The van der Waals surface area contributed by atoms with Crippen LogP contribution in [-0.4, -0.2) is 31.6 Å². The number of methoxy groups -OCH3 is 1. The van der Waals surface area contributed by atoms with Gasteiger partial charge in [0.15, 0.2) is 11.6 Å². The third-order valence-corrected chi connectivity index (χ3v) is 2.90. The van der Waals surface area contributed by atoms with E-state index in [1.165, 1.54) is 13.2 Å². The van der Waals surface area contributed by atoms with Crippen LogP contribution >= 0.6 is 0 Å². The molecule has 0 bridgehead atoms. The summed E-state index contributed by atoms with van der Waals surface area (Å²) in [6.07, 6.45) is 2.29. The summed E-state index contributed by atoms with van der Waals surface area (Å²) in [5.74, 6) is -0.0177. The molecule has 1 aromatic rings. The van der Waals surface area contributed by atoms with Crippen molar-refractivity contribution in [3.8, 4) is 5.75 Å². The van der Waals surface area contributed by atoms with Gasteiger partial charge in [-0.25, -0.2) is 4.39 Å². The van der Waals surface area contributed by atoms with E-state index in [4.69, 9.17) is 10.5 Å². The Bertz CT molecular complexity index is 358. The van der Waals surface area contributed by atoms with Gasteiger partial charge in [0.2, 0.25) is 0 Å². The highest BCUT2D eigenvalue weighted by atomic mass is 19.1. The van der Waals surface area contributed by atoms with Gasteiger partial charge >= 0.3 is 0 Å². The molecule has 0 atom stereocenters. The van der Waals surface area contributed by atoms with Crippen molar-refractivity contribution in [1.82, 2.24) is 4.90 Å². The first kappa shape index (κ1) is 14.9. The van der Waals surface area contributed by atoms with E-state index in [1.807, 2.05) is 6.07 Å². The zero-order valence-electron chi connectivity index (χ0n) is 11.3. The van der Waals surface area contributed by atoms with Crippen LogP contribution < -0.4 is 10.5 Å². The molecule has 0 fully saturated rings. The lowest BCUT2D eigenvalue weighted by Crippen LogP contribution is -2.30. The van der Waals surface area contributed by atoms with E-state index in [1.54, 1.807) is 6.07 Å². The van der Waals surface area contributed by atoms with E-state index >= 15 is 0 Å². The summed E-state index contributed by atoms with van der Waals surface area (Å²) in [6.45, 7) is 5.36. The van der Waals surface area contributed by atoms with Crippen molar-refractivity contribution in [3.63, 3.8) is 0 Å². The minimum atomic E-state index is -0.307. The standard InChI is InChI=1S/C14H23FN2O/c1-3-4-8-17(9-7-16)11-12-5-6-14(18-2)13(15)10-12/h5-6,10H,3-4,7-9,11,16H2,1-2H3. The molecule has 0 aliphatic rings. The maximum atomic E-state index is 13.6. The molecule has 0 aliphatic heterocycles. The third kappa shape index (κ3) is 4.63. The lowest BCUT2D eigenvalue weighted by atomic mass is 10.2. The van der Waals surface area contributed by atoms with Gasteiger partial charge in [0.25, 0.3) is 0 Å². The first-order valence-electron chi connectivity index (χ1n) is 6.46. The fraction of sp³-hybridized carbons (Fsp3) is 0.571. The van der Waals surface area contributed by atoms with E-state index in [0.29, 0.717) is 6.54 Å². The van der Waals surface area contributed by atoms with Crippen LogP contribution in [0.1, 0.15) is 25.3 Å². The Balaban J connectivity index is 2.64. The Hall–Kier alpha value is -1.13. The van der Waals surface area contributed by atoms with Crippen LogP contribution in [-0.2, 0) is 6.54 Å². The van der Waals surface area contributed by atoms with Gasteiger partial charge in [-0.05, 0) is 30.7 Å². The fourth-order valence-corrected chi connectivity index (χ4v) is 1.90. The van der Waals surface area contributed by atoms with E-state index in [0.717, 1.165) is 38.0 Å². The van der Waals surface area contributed by atoms with Crippen LogP contribution in [0.3, 0.4) is 0 Å². The third-order valence-electron chi connectivity index (χ3n) is 2.90. The average Bonchev–Trinajstić information content (AvgIpc) is 2.36. The minimum Gasteiger partial charge on any atom is -0.494 e. The molecule has 0 unspecified atom stereocenters. The smallest absolute Gasteiger partial charge is 0.165 e. The Morgan fingerprint density at radius 3 is 2.67 bits per heavy atom. The summed E-state index contributed by atoms with van der Waals surface area (Å²) in [5.41, 5.74) is 6.55. The Morgan fingerprint density at radius 2 is 2.11 bits per heavy atom. The van der Waals surface area contributed by atoms with Crippen molar-refractivity contribution in [1.29, 1.82) is 0 Å². The summed E-state index contributed by atoms with van der Waals surface area (Å²) in [4.78, 5) is 2.25. The Kier molecular flexibility index (Phi) is 6.68. The summed E-state index contributed by atoms with van der Waals surface area (Å²) in [7, 11) is 1.47. The van der Waals surface area contributed by atoms with Gasteiger partial charge in [0, 0.05) is 19.6 Å². The number of nitrogens with zero attached hydrogens (tertiary/aromatic N) is 1. The SMILES string of the molecule is CCCCN(CCN)Cc1ccc(OC)c(F)c1. The number of hydrogen-bond donors (Lipinski definition) is 1. The molecule has 18 heavy (non-hydrogen) atoms. The highest BCUT2D eigenvalue weighted by molar-refractivity contribution is 5.29. The molecule has 0 saturated carbocycles. The number of benzene rings is 1. The van der Waals surface area contributed by atoms with Crippen LogP contribution in [0.2, 0.25) is 0 Å². The number of nitrogens with two attached hydrogens (primary N) is 1. The molecule has 0 aromatic heterocycles. The van der Waals surface area contributed by atoms with Crippen molar-refractivity contribution >= 4 is 0 Å². The van der Waals surface area contributed by atoms with Gasteiger partial charge in [0.1, 0.15) is 0 Å². The van der Waals surface area contributed by atoms with E-state index < -0.39 is 0 Å². The topological polar surface area (TPSA) is 38.5 Å². The van der Waals surface area contributed by atoms with Crippen LogP contribution in [0.4, 0.5) is 4.39 Å². The summed E-state index contributed by atoms with van der Waals surface area (Å²) >= 11 is 0. The van der Waals surface area contributed by atoms with Crippen molar-refractivity contribution < 1.29 is 9.13 Å². The van der Waals surface area contributed by atoms with Crippen LogP contribution in [0.5, 0.6) is 5.75 Å². The normalized spacial score (nSPS) is 10.9. The molecule has 0 saturated heterocycles. The molecule has 2 N–H and O–H groups in total. The molecule has 102 valence electrons. The van der Waals surface area contributed by atoms with E-state index in [9.17, 15) is 4.39 Å². The predicted octanol–water partition coefficient (Wildman–Crippen LogP) is 2.40. The van der Waals surface area contributed by atoms with Gasteiger partial charge in [-0.3, -0.25) is 4.90 Å². The molecule has 0 heterocycles. The van der Waals surface area contributed by atoms with Crippen molar-refractivity contribution in [3.05, 3.63) is 29.6 Å². The zero-order chi connectivity index (χ0) is 13.4. The number of rotatable bonds is 8. The molecule has 1 aromatic carbocycles. The summed E-state index contributed by atoms with van der Waals surface area (Å²) in [6, 6.07) is 5.11. The number of unbranched alkanes of at least 4 members (excludes halogenated alkanes) is 1. The molecule has 0 radical (unpaired) electrons. The molecular weight excluding hydrogens is 231 g/mol. The van der Waals surface area contributed by atoms with Crippen molar-refractivity contribution in [2.75, 3.05) is 26.7 Å². The van der Waals surface area contributed by atoms with Crippen molar-refractivity contribution in [2.45, 2.75) is 26.3 Å². The molecule has 4 heteroatoms. The second kappa shape index (κ2) is 8.06. The minimum absolute atomic E-state index is 0.290. The second-order valence-electron chi connectivity index (χ2n) is 4.39. The van der Waals surface area contributed by atoms with E-state index in [2.05, 4.69) is 11.8 Å². The molecule has 0 aliphatic carbocycles. The quantitative estimate of drug-likeness (QED) is 0.774. The van der Waals surface area contributed by atoms with Gasteiger partial charge < -0.3 is 10.5 Å². The molecule has 3 nitrogen and oxygen atoms in total. The van der Waals surface area contributed by atoms with E-state index in [-0.39, 0.29) is 11.6 Å². The maximum absolute atomic E-state index is 13.6. The first-order chi connectivity index (χ1) is 8.71.